The number of carbonyl (C=O) groups is 2. The minimum atomic E-state index is -3.45. The number of hydrogen-bond acceptors (Lipinski definition) is 5. The highest BCUT2D eigenvalue weighted by Crippen LogP contribution is 2.26. The van der Waals surface area contributed by atoms with Crippen molar-refractivity contribution in [3.05, 3.63) is 0 Å². The Hall–Kier alpha value is -1.19. The van der Waals surface area contributed by atoms with Gasteiger partial charge in [-0.25, -0.2) is 13.2 Å². The average molecular weight is 277 g/mol. The standard InChI is InChI=1S/C9H15N3O5S/c1-17-4-5-18(15,16)12-3-2-9(6-12)7(13)10-8(14)11-9/h2-6H2,1H3,(H2,10,11,13,14). The molecule has 0 aromatic rings. The van der Waals surface area contributed by atoms with Gasteiger partial charge in [0.15, 0.2) is 0 Å². The van der Waals surface area contributed by atoms with E-state index < -0.39 is 27.5 Å². The number of ether oxygens (including phenoxy) is 1. The van der Waals surface area contributed by atoms with Crippen LogP contribution in [0.3, 0.4) is 0 Å². The van der Waals surface area contributed by atoms with Crippen LogP contribution < -0.4 is 10.6 Å². The molecule has 2 N–H and O–H groups in total. The van der Waals surface area contributed by atoms with Crippen molar-refractivity contribution >= 4 is 22.0 Å². The highest BCUT2D eigenvalue weighted by Gasteiger charge is 2.52. The maximum Gasteiger partial charge on any atom is 0.322 e. The number of rotatable bonds is 4. The van der Waals surface area contributed by atoms with Gasteiger partial charge in [0.25, 0.3) is 5.91 Å². The molecule has 18 heavy (non-hydrogen) atoms. The number of carbonyl (C=O) groups excluding carboxylic acids is 2. The van der Waals surface area contributed by atoms with E-state index in [2.05, 4.69) is 10.6 Å². The largest absolute Gasteiger partial charge is 0.384 e. The molecule has 0 bridgehead atoms. The monoisotopic (exact) mass is 277 g/mol. The summed E-state index contributed by atoms with van der Waals surface area (Å²) in [5, 5.41) is 4.63. The van der Waals surface area contributed by atoms with E-state index in [4.69, 9.17) is 4.74 Å². The van der Waals surface area contributed by atoms with Gasteiger partial charge in [-0.15, -0.1) is 0 Å². The molecule has 102 valence electrons. The Morgan fingerprint density at radius 3 is 2.72 bits per heavy atom. The van der Waals surface area contributed by atoms with Gasteiger partial charge >= 0.3 is 6.03 Å². The molecule has 2 fully saturated rings. The van der Waals surface area contributed by atoms with Gasteiger partial charge in [-0.05, 0) is 6.42 Å². The molecule has 0 radical (unpaired) electrons. The van der Waals surface area contributed by atoms with Crippen LogP contribution in [0.1, 0.15) is 6.42 Å². The first kappa shape index (κ1) is 13.2. The number of hydrogen-bond donors (Lipinski definition) is 2. The van der Waals surface area contributed by atoms with Crippen molar-refractivity contribution < 1.29 is 22.7 Å². The second-order valence-corrected chi connectivity index (χ2v) is 6.47. The van der Waals surface area contributed by atoms with Crippen molar-refractivity contribution in [2.24, 2.45) is 0 Å². The SMILES string of the molecule is COCCS(=O)(=O)N1CCC2(C1)NC(=O)NC2=O. The quantitative estimate of drug-likeness (QED) is 0.593. The number of nitrogens with one attached hydrogen (secondary N) is 2. The van der Waals surface area contributed by atoms with Crippen LogP contribution >= 0.6 is 0 Å². The predicted molar refractivity (Wildman–Crippen MR) is 61.3 cm³/mol. The van der Waals surface area contributed by atoms with E-state index in [0.29, 0.717) is 0 Å². The van der Waals surface area contributed by atoms with Crippen molar-refractivity contribution in [3.63, 3.8) is 0 Å². The second-order valence-electron chi connectivity index (χ2n) is 4.38. The summed E-state index contributed by atoms with van der Waals surface area (Å²) in [6, 6.07) is -0.573. The Bertz CT molecular complexity index is 477. The third-order valence-electron chi connectivity index (χ3n) is 3.19. The number of amides is 3. The fourth-order valence-corrected chi connectivity index (χ4v) is 3.57. The number of imide groups is 1. The Morgan fingerprint density at radius 1 is 1.44 bits per heavy atom. The zero-order valence-corrected chi connectivity index (χ0v) is 10.7. The highest BCUT2D eigenvalue weighted by molar-refractivity contribution is 7.89. The van der Waals surface area contributed by atoms with Crippen LogP contribution in [0.15, 0.2) is 0 Å². The van der Waals surface area contributed by atoms with Crippen molar-refractivity contribution in [2.45, 2.75) is 12.0 Å². The van der Waals surface area contributed by atoms with Gasteiger partial charge in [0, 0.05) is 20.2 Å². The summed E-state index contributed by atoms with van der Waals surface area (Å²) in [5.74, 6) is -0.591. The average Bonchev–Trinajstić information content (AvgIpc) is 2.83. The van der Waals surface area contributed by atoms with Gasteiger partial charge in [0.2, 0.25) is 10.0 Å². The summed E-state index contributed by atoms with van der Waals surface area (Å²) in [6.45, 7) is 0.306. The third kappa shape index (κ3) is 2.20. The van der Waals surface area contributed by atoms with E-state index >= 15 is 0 Å². The van der Waals surface area contributed by atoms with Gasteiger partial charge in [-0.1, -0.05) is 0 Å². The zero-order chi connectivity index (χ0) is 13.4. The molecule has 8 nitrogen and oxygen atoms in total. The molecule has 1 unspecified atom stereocenters. The normalized spacial score (nSPS) is 28.7. The van der Waals surface area contributed by atoms with E-state index in [1.165, 1.54) is 11.4 Å². The van der Waals surface area contributed by atoms with Crippen LogP contribution in [0.5, 0.6) is 0 Å². The molecule has 0 aromatic heterocycles. The molecule has 2 rings (SSSR count). The molecular weight excluding hydrogens is 262 g/mol. The molecule has 0 aromatic carbocycles. The van der Waals surface area contributed by atoms with Crippen molar-refractivity contribution in [3.8, 4) is 0 Å². The van der Waals surface area contributed by atoms with Crippen molar-refractivity contribution in [1.82, 2.24) is 14.9 Å². The van der Waals surface area contributed by atoms with Crippen molar-refractivity contribution in [2.75, 3.05) is 32.6 Å². The Balaban J connectivity index is 2.09. The molecule has 2 heterocycles. The van der Waals surface area contributed by atoms with Gasteiger partial charge < -0.3 is 10.1 Å². The topological polar surface area (TPSA) is 105 Å². The number of methoxy groups -OCH3 is 1. The van der Waals surface area contributed by atoms with Gasteiger partial charge in [-0.2, -0.15) is 4.31 Å². The minimum Gasteiger partial charge on any atom is -0.384 e. The molecule has 9 heteroatoms. The van der Waals surface area contributed by atoms with Crippen LogP contribution in [0, 0.1) is 0 Å². The molecular formula is C9H15N3O5S. The molecule has 3 amide bonds. The van der Waals surface area contributed by atoms with E-state index in [-0.39, 0.29) is 31.9 Å². The van der Waals surface area contributed by atoms with Crippen molar-refractivity contribution in [1.29, 1.82) is 0 Å². The molecule has 1 spiro atoms. The van der Waals surface area contributed by atoms with Crippen LogP contribution in [-0.2, 0) is 19.6 Å². The first-order valence-corrected chi connectivity index (χ1v) is 7.11. The lowest BCUT2D eigenvalue weighted by Gasteiger charge is -2.20. The summed E-state index contributed by atoms with van der Waals surface area (Å²) < 4.78 is 29.8. The Kier molecular flexibility index (Phi) is 3.30. The summed E-state index contributed by atoms with van der Waals surface area (Å²) in [6.07, 6.45) is 0.288. The molecule has 1 atom stereocenters. The lowest BCUT2D eigenvalue weighted by Crippen LogP contribution is -2.49. The zero-order valence-electron chi connectivity index (χ0n) is 9.93. The van der Waals surface area contributed by atoms with E-state index in [9.17, 15) is 18.0 Å². The molecule has 0 aliphatic carbocycles. The van der Waals surface area contributed by atoms with Crippen LogP contribution in [0.2, 0.25) is 0 Å². The molecule has 2 aliphatic rings. The summed E-state index contributed by atoms with van der Waals surface area (Å²) >= 11 is 0. The van der Waals surface area contributed by atoms with Gasteiger partial charge in [0.05, 0.1) is 12.4 Å². The predicted octanol–water partition coefficient (Wildman–Crippen LogP) is -1.75. The second kappa shape index (κ2) is 4.48. The Labute approximate surface area is 105 Å². The lowest BCUT2D eigenvalue weighted by atomic mass is 10.00. The fourth-order valence-electron chi connectivity index (χ4n) is 2.15. The van der Waals surface area contributed by atoms with E-state index in [1.54, 1.807) is 0 Å². The highest BCUT2D eigenvalue weighted by atomic mass is 32.2. The van der Waals surface area contributed by atoms with E-state index in [0.717, 1.165) is 0 Å². The Morgan fingerprint density at radius 2 is 2.17 bits per heavy atom. The van der Waals surface area contributed by atoms with Crippen LogP contribution in [0.25, 0.3) is 0 Å². The molecule has 2 saturated heterocycles. The summed E-state index contributed by atoms with van der Waals surface area (Å²) in [5.41, 5.74) is -1.10. The third-order valence-corrected chi connectivity index (χ3v) is 4.97. The molecule has 0 saturated carbocycles. The number of urea groups is 1. The fraction of sp³-hybridized carbons (Fsp3) is 0.778. The number of sulfonamides is 1. The first-order valence-electron chi connectivity index (χ1n) is 5.50. The summed E-state index contributed by atoms with van der Waals surface area (Å²) in [7, 11) is -2.03. The van der Waals surface area contributed by atoms with Gasteiger partial charge in [-0.3, -0.25) is 10.1 Å². The van der Waals surface area contributed by atoms with E-state index in [1.807, 2.05) is 0 Å². The van der Waals surface area contributed by atoms with Crippen LogP contribution in [0.4, 0.5) is 4.79 Å². The lowest BCUT2D eigenvalue weighted by molar-refractivity contribution is -0.123. The number of nitrogens with zero attached hydrogens (tertiary/aromatic N) is 1. The smallest absolute Gasteiger partial charge is 0.322 e. The summed E-state index contributed by atoms with van der Waals surface area (Å²) in [4.78, 5) is 22.8. The van der Waals surface area contributed by atoms with Crippen LogP contribution in [-0.4, -0.2) is 62.8 Å². The maximum absolute atomic E-state index is 11.9. The minimum absolute atomic E-state index is 0.0172. The van der Waals surface area contributed by atoms with Gasteiger partial charge in [0.1, 0.15) is 5.54 Å². The maximum atomic E-state index is 11.9. The first-order chi connectivity index (χ1) is 8.39. The molecule has 2 aliphatic heterocycles.